The van der Waals surface area contributed by atoms with Gasteiger partial charge in [-0.15, -0.1) is 0 Å². The molecule has 2 aromatic rings. The lowest BCUT2D eigenvalue weighted by atomic mass is 10.2. The molecule has 1 amide bonds. The summed E-state index contributed by atoms with van der Waals surface area (Å²) in [4.78, 5) is 12.1. The molecule has 4 nitrogen and oxygen atoms in total. The van der Waals surface area contributed by atoms with E-state index in [9.17, 15) is 4.79 Å². The molecule has 0 atom stereocenters. The Balaban J connectivity index is 2.26. The largest absolute Gasteiger partial charge is 0.462 e. The van der Waals surface area contributed by atoms with Crippen molar-refractivity contribution in [2.75, 3.05) is 5.32 Å². The maximum absolute atomic E-state index is 12.1. The molecule has 106 valence electrons. The number of nitrogens with zero attached hydrogens (tertiary/aromatic N) is 1. The van der Waals surface area contributed by atoms with Crippen molar-refractivity contribution in [3.8, 4) is 6.07 Å². The zero-order chi connectivity index (χ0) is 15.4. The van der Waals surface area contributed by atoms with Crippen molar-refractivity contribution in [1.29, 1.82) is 5.26 Å². The fourth-order valence-electron chi connectivity index (χ4n) is 1.62. The van der Waals surface area contributed by atoms with Crippen LogP contribution in [0.4, 0.5) is 5.69 Å². The minimum atomic E-state index is -0.610. The number of carbonyl (C=O) groups is 1. The number of aryl methyl sites for hydroxylation is 1. The van der Waals surface area contributed by atoms with Crippen LogP contribution in [0.2, 0.25) is 10.0 Å². The maximum Gasteiger partial charge on any atom is 0.266 e. The van der Waals surface area contributed by atoms with Crippen LogP contribution in [0.1, 0.15) is 11.5 Å². The number of hydrogen-bond donors (Lipinski definition) is 1. The van der Waals surface area contributed by atoms with E-state index in [2.05, 4.69) is 5.32 Å². The molecule has 1 aromatic carbocycles. The van der Waals surface area contributed by atoms with Crippen LogP contribution < -0.4 is 5.32 Å². The highest BCUT2D eigenvalue weighted by Gasteiger charge is 2.14. The average Bonchev–Trinajstić information content (AvgIpc) is 2.85. The van der Waals surface area contributed by atoms with E-state index in [0.29, 0.717) is 21.6 Å². The van der Waals surface area contributed by atoms with Crippen LogP contribution in [-0.4, -0.2) is 5.91 Å². The second kappa shape index (κ2) is 6.49. The Morgan fingerprint density at radius 1 is 1.29 bits per heavy atom. The third kappa shape index (κ3) is 3.66. The van der Waals surface area contributed by atoms with Gasteiger partial charge in [0.15, 0.2) is 0 Å². The molecule has 0 saturated heterocycles. The number of hydrogen-bond acceptors (Lipinski definition) is 3. The Kier molecular flexibility index (Phi) is 4.69. The molecule has 1 N–H and O–H groups in total. The molecule has 2 rings (SSSR count). The molecule has 0 radical (unpaired) electrons. The summed E-state index contributed by atoms with van der Waals surface area (Å²) in [6, 6.07) is 10.1. The van der Waals surface area contributed by atoms with Crippen molar-refractivity contribution < 1.29 is 9.21 Å². The van der Waals surface area contributed by atoms with Crippen LogP contribution in [0.5, 0.6) is 0 Å². The van der Waals surface area contributed by atoms with Crippen molar-refractivity contribution in [3.63, 3.8) is 0 Å². The molecule has 6 heteroatoms. The van der Waals surface area contributed by atoms with E-state index in [0.717, 1.165) is 0 Å². The molecular formula is C15H10Cl2N2O2. The highest BCUT2D eigenvalue weighted by molar-refractivity contribution is 6.40. The molecule has 0 fully saturated rings. The third-order valence-electron chi connectivity index (χ3n) is 2.61. The SMILES string of the molecule is Cc1ccc(/C=C(\C#N)C(=O)Nc2c(Cl)cccc2Cl)o1. The standard InChI is InChI=1S/C15H10Cl2N2O2/c1-9-5-6-11(21-9)7-10(8-18)15(20)19-14-12(16)3-2-4-13(14)17/h2-7H,1H3,(H,19,20)/b10-7+. The van der Waals surface area contributed by atoms with Gasteiger partial charge in [0.05, 0.1) is 15.7 Å². The smallest absolute Gasteiger partial charge is 0.266 e. The molecule has 0 saturated carbocycles. The van der Waals surface area contributed by atoms with Gasteiger partial charge in [-0.05, 0) is 31.2 Å². The number of halogens is 2. The molecular weight excluding hydrogens is 311 g/mol. The van der Waals surface area contributed by atoms with E-state index in [1.54, 1.807) is 37.3 Å². The van der Waals surface area contributed by atoms with E-state index >= 15 is 0 Å². The number of amides is 1. The van der Waals surface area contributed by atoms with E-state index in [1.165, 1.54) is 6.08 Å². The van der Waals surface area contributed by atoms with Gasteiger partial charge < -0.3 is 9.73 Å². The van der Waals surface area contributed by atoms with Gasteiger partial charge in [0.25, 0.3) is 5.91 Å². The number of benzene rings is 1. The minimum absolute atomic E-state index is 0.111. The predicted molar refractivity (Wildman–Crippen MR) is 82.1 cm³/mol. The quantitative estimate of drug-likeness (QED) is 0.671. The summed E-state index contributed by atoms with van der Waals surface area (Å²) < 4.78 is 5.30. The maximum atomic E-state index is 12.1. The summed E-state index contributed by atoms with van der Waals surface area (Å²) in [5.41, 5.74) is 0.156. The normalized spacial score (nSPS) is 11.0. The van der Waals surface area contributed by atoms with Gasteiger partial charge in [0.2, 0.25) is 0 Å². The molecule has 1 heterocycles. The van der Waals surface area contributed by atoms with E-state index < -0.39 is 5.91 Å². The Labute approximate surface area is 131 Å². The monoisotopic (exact) mass is 320 g/mol. The van der Waals surface area contributed by atoms with E-state index in [-0.39, 0.29) is 11.3 Å². The van der Waals surface area contributed by atoms with Gasteiger partial charge >= 0.3 is 0 Å². The molecule has 0 bridgehead atoms. The third-order valence-corrected chi connectivity index (χ3v) is 3.24. The topological polar surface area (TPSA) is 66.0 Å². The molecule has 0 aliphatic carbocycles. The minimum Gasteiger partial charge on any atom is -0.462 e. The number of carbonyl (C=O) groups excluding carboxylic acids is 1. The summed E-state index contributed by atoms with van der Waals surface area (Å²) in [6.45, 7) is 1.77. The van der Waals surface area contributed by atoms with Crippen LogP contribution in [-0.2, 0) is 4.79 Å². The first kappa shape index (κ1) is 15.2. The fraction of sp³-hybridized carbons (Fsp3) is 0.0667. The van der Waals surface area contributed by atoms with Crippen molar-refractivity contribution >= 4 is 40.9 Å². The lowest BCUT2D eigenvalue weighted by Gasteiger charge is -2.08. The van der Waals surface area contributed by atoms with E-state index in [1.807, 2.05) is 6.07 Å². The number of furan rings is 1. The van der Waals surface area contributed by atoms with Gasteiger partial charge in [0.1, 0.15) is 23.2 Å². The first-order valence-corrected chi connectivity index (χ1v) is 6.70. The van der Waals surface area contributed by atoms with Gasteiger partial charge in [-0.1, -0.05) is 29.3 Å². The summed E-state index contributed by atoms with van der Waals surface area (Å²) >= 11 is 11.9. The lowest BCUT2D eigenvalue weighted by Crippen LogP contribution is -2.14. The first-order valence-electron chi connectivity index (χ1n) is 5.95. The van der Waals surface area contributed by atoms with Crippen LogP contribution in [0.15, 0.2) is 40.3 Å². The molecule has 21 heavy (non-hydrogen) atoms. The van der Waals surface area contributed by atoms with Crippen molar-refractivity contribution in [2.24, 2.45) is 0 Å². The Hall–Kier alpha value is -2.22. The zero-order valence-electron chi connectivity index (χ0n) is 11.0. The summed E-state index contributed by atoms with van der Waals surface area (Å²) in [5.74, 6) is 0.499. The second-order valence-corrected chi connectivity index (χ2v) is 4.98. The Bertz CT molecular complexity index is 737. The van der Waals surface area contributed by atoms with Crippen LogP contribution >= 0.6 is 23.2 Å². The number of para-hydroxylation sites is 1. The number of anilines is 1. The van der Waals surface area contributed by atoms with Gasteiger partial charge in [-0.3, -0.25) is 4.79 Å². The van der Waals surface area contributed by atoms with Crippen LogP contribution in [0.3, 0.4) is 0 Å². The van der Waals surface area contributed by atoms with Crippen molar-refractivity contribution in [3.05, 3.63) is 57.5 Å². The second-order valence-electron chi connectivity index (χ2n) is 4.17. The fourth-order valence-corrected chi connectivity index (χ4v) is 2.11. The van der Waals surface area contributed by atoms with E-state index in [4.69, 9.17) is 32.9 Å². The van der Waals surface area contributed by atoms with Crippen LogP contribution in [0, 0.1) is 18.3 Å². The van der Waals surface area contributed by atoms with Gasteiger partial charge in [-0.25, -0.2) is 0 Å². The highest BCUT2D eigenvalue weighted by Crippen LogP contribution is 2.30. The molecule has 0 spiro atoms. The number of nitriles is 1. The summed E-state index contributed by atoms with van der Waals surface area (Å²) in [6.07, 6.45) is 1.35. The van der Waals surface area contributed by atoms with Gasteiger partial charge in [0, 0.05) is 6.08 Å². The molecule has 0 aliphatic rings. The van der Waals surface area contributed by atoms with Crippen molar-refractivity contribution in [2.45, 2.75) is 6.92 Å². The number of rotatable bonds is 3. The highest BCUT2D eigenvalue weighted by atomic mass is 35.5. The molecule has 1 aromatic heterocycles. The molecule has 0 aliphatic heterocycles. The Morgan fingerprint density at radius 2 is 1.95 bits per heavy atom. The molecule has 0 unspecified atom stereocenters. The number of nitrogens with one attached hydrogen (secondary N) is 1. The first-order chi connectivity index (χ1) is 10.0. The average molecular weight is 321 g/mol. The predicted octanol–water partition coefficient (Wildman–Crippen LogP) is 4.44. The summed E-state index contributed by atoms with van der Waals surface area (Å²) in [5, 5.41) is 12.2. The van der Waals surface area contributed by atoms with Crippen molar-refractivity contribution in [1.82, 2.24) is 0 Å². The Morgan fingerprint density at radius 3 is 2.48 bits per heavy atom. The lowest BCUT2D eigenvalue weighted by molar-refractivity contribution is -0.112. The van der Waals surface area contributed by atoms with Gasteiger partial charge in [-0.2, -0.15) is 5.26 Å². The summed E-state index contributed by atoms with van der Waals surface area (Å²) in [7, 11) is 0. The van der Waals surface area contributed by atoms with Crippen LogP contribution in [0.25, 0.3) is 6.08 Å². The zero-order valence-corrected chi connectivity index (χ0v) is 12.5.